The summed E-state index contributed by atoms with van der Waals surface area (Å²) in [7, 11) is 0. The molecule has 30 heavy (non-hydrogen) atoms. The molecular weight excluding hydrogens is 532 g/mol. The van der Waals surface area contributed by atoms with Gasteiger partial charge in [0.2, 0.25) is 0 Å². The first-order valence-corrected chi connectivity index (χ1v) is 11.1. The molecule has 0 bridgehead atoms. The molecule has 152 valence electrons. The third kappa shape index (κ3) is 5.48. The maximum Gasteiger partial charge on any atom is 0.175 e. The van der Waals surface area contributed by atoms with E-state index in [1.54, 1.807) is 12.1 Å². The molecule has 0 radical (unpaired) electrons. The van der Waals surface area contributed by atoms with Gasteiger partial charge in [-0.3, -0.25) is 0 Å². The summed E-state index contributed by atoms with van der Waals surface area (Å²) in [5, 5.41) is 10.8. The Balaban J connectivity index is 1.95. The van der Waals surface area contributed by atoms with E-state index in [-0.39, 0.29) is 0 Å². The Morgan fingerprint density at radius 2 is 1.73 bits per heavy atom. The summed E-state index contributed by atoms with van der Waals surface area (Å²) in [6, 6.07) is 20.9. The lowest BCUT2D eigenvalue weighted by Gasteiger charge is -2.15. The van der Waals surface area contributed by atoms with E-state index in [4.69, 9.17) is 32.7 Å². The summed E-state index contributed by atoms with van der Waals surface area (Å²) < 4.78 is 12.7. The Kier molecular flexibility index (Phi) is 8.03. The number of ether oxygens (including phenoxy) is 2. The van der Waals surface area contributed by atoms with Crippen LogP contribution >= 0.6 is 45.8 Å². The van der Waals surface area contributed by atoms with Crippen molar-refractivity contribution in [1.82, 2.24) is 0 Å². The predicted molar refractivity (Wildman–Crippen MR) is 131 cm³/mol. The topological polar surface area (TPSA) is 42.2 Å². The molecule has 3 nitrogen and oxygen atoms in total. The fraction of sp³-hybridized carbons (Fsp3) is 0.125. The summed E-state index contributed by atoms with van der Waals surface area (Å²) in [6.45, 7) is 2.73. The minimum absolute atomic E-state index is 0.327. The van der Waals surface area contributed by atoms with Crippen LogP contribution in [-0.4, -0.2) is 6.61 Å². The Morgan fingerprint density at radius 3 is 2.40 bits per heavy atom. The van der Waals surface area contributed by atoms with Crippen molar-refractivity contribution in [3.8, 4) is 17.6 Å². The van der Waals surface area contributed by atoms with Gasteiger partial charge in [-0.1, -0.05) is 59.6 Å². The van der Waals surface area contributed by atoms with E-state index < -0.39 is 0 Å². The van der Waals surface area contributed by atoms with Crippen LogP contribution in [0.1, 0.15) is 23.6 Å². The van der Waals surface area contributed by atoms with Gasteiger partial charge in [0.1, 0.15) is 6.61 Å². The molecular formula is C24H18Cl2INO2. The highest BCUT2D eigenvalue weighted by molar-refractivity contribution is 14.1. The van der Waals surface area contributed by atoms with Gasteiger partial charge in [0, 0.05) is 21.2 Å². The number of nitriles is 1. The van der Waals surface area contributed by atoms with E-state index in [2.05, 4.69) is 28.7 Å². The maximum atomic E-state index is 9.65. The van der Waals surface area contributed by atoms with Crippen LogP contribution in [-0.2, 0) is 6.61 Å². The summed E-state index contributed by atoms with van der Waals surface area (Å²) in [5.74, 6) is 1.25. The van der Waals surface area contributed by atoms with E-state index in [0.717, 1.165) is 14.7 Å². The molecule has 0 aliphatic heterocycles. The van der Waals surface area contributed by atoms with Crippen LogP contribution < -0.4 is 9.47 Å². The number of rotatable bonds is 7. The largest absolute Gasteiger partial charge is 0.490 e. The molecule has 0 spiro atoms. The Hall–Kier alpha value is -2.20. The van der Waals surface area contributed by atoms with Gasteiger partial charge in [-0.2, -0.15) is 5.26 Å². The molecule has 0 atom stereocenters. The van der Waals surface area contributed by atoms with E-state index >= 15 is 0 Å². The molecule has 0 N–H and O–H groups in total. The van der Waals surface area contributed by atoms with Crippen LogP contribution in [0.25, 0.3) is 11.6 Å². The molecule has 3 rings (SSSR count). The van der Waals surface area contributed by atoms with Crippen LogP contribution in [0.5, 0.6) is 11.5 Å². The summed E-state index contributed by atoms with van der Waals surface area (Å²) in [4.78, 5) is 0. The fourth-order valence-electron chi connectivity index (χ4n) is 2.86. The first-order valence-electron chi connectivity index (χ1n) is 9.22. The molecule has 3 aromatic carbocycles. The van der Waals surface area contributed by atoms with Crippen molar-refractivity contribution in [1.29, 1.82) is 5.26 Å². The van der Waals surface area contributed by atoms with Gasteiger partial charge < -0.3 is 9.47 Å². The number of benzene rings is 3. The van der Waals surface area contributed by atoms with Crippen LogP contribution in [0.2, 0.25) is 10.0 Å². The Bertz CT molecular complexity index is 1120. The summed E-state index contributed by atoms with van der Waals surface area (Å²) >= 11 is 14.7. The minimum atomic E-state index is 0.327. The van der Waals surface area contributed by atoms with Gasteiger partial charge in [-0.25, -0.2) is 0 Å². The molecule has 0 aliphatic rings. The molecule has 0 heterocycles. The lowest BCUT2D eigenvalue weighted by molar-refractivity contribution is 0.267. The minimum Gasteiger partial charge on any atom is -0.490 e. The predicted octanol–water partition coefficient (Wildman–Crippen LogP) is 7.64. The van der Waals surface area contributed by atoms with E-state index in [9.17, 15) is 5.26 Å². The molecule has 0 amide bonds. The molecule has 0 aromatic heterocycles. The van der Waals surface area contributed by atoms with Gasteiger partial charge in [0.25, 0.3) is 0 Å². The first-order chi connectivity index (χ1) is 14.5. The fourth-order valence-corrected chi connectivity index (χ4v) is 4.07. The zero-order valence-corrected chi connectivity index (χ0v) is 19.8. The normalized spacial score (nSPS) is 11.1. The van der Waals surface area contributed by atoms with Gasteiger partial charge >= 0.3 is 0 Å². The van der Waals surface area contributed by atoms with Crippen LogP contribution in [0.4, 0.5) is 0 Å². The molecule has 0 saturated carbocycles. The van der Waals surface area contributed by atoms with E-state index in [1.807, 2.05) is 61.5 Å². The number of hydrogen-bond donors (Lipinski definition) is 0. The molecule has 0 fully saturated rings. The smallest absolute Gasteiger partial charge is 0.175 e. The van der Waals surface area contributed by atoms with Gasteiger partial charge in [0.15, 0.2) is 11.5 Å². The highest BCUT2D eigenvalue weighted by atomic mass is 127. The standard InChI is InChI=1S/C24H18Cl2INO2/c1-2-29-23-13-16(11-18(14-28)19-8-4-6-10-21(19)26)12-22(27)24(23)30-15-17-7-3-5-9-20(17)25/h3-13H,2,15H2,1H3. The molecule has 0 aliphatic carbocycles. The van der Waals surface area contributed by atoms with E-state index in [0.29, 0.717) is 45.9 Å². The number of hydrogen-bond acceptors (Lipinski definition) is 3. The Labute approximate surface area is 200 Å². The average molecular weight is 550 g/mol. The second-order valence-corrected chi connectivity index (χ2v) is 8.27. The third-order valence-corrected chi connectivity index (χ3v) is 5.76. The monoisotopic (exact) mass is 549 g/mol. The van der Waals surface area contributed by atoms with Crippen LogP contribution in [0.15, 0.2) is 60.7 Å². The molecule has 0 saturated heterocycles. The first kappa shape index (κ1) is 22.5. The third-order valence-electron chi connectivity index (χ3n) is 4.26. The second kappa shape index (κ2) is 10.7. The van der Waals surface area contributed by atoms with Crippen molar-refractivity contribution in [2.24, 2.45) is 0 Å². The van der Waals surface area contributed by atoms with Crippen molar-refractivity contribution in [2.45, 2.75) is 13.5 Å². The Morgan fingerprint density at radius 1 is 1.03 bits per heavy atom. The quantitative estimate of drug-likeness (QED) is 0.173. The highest BCUT2D eigenvalue weighted by Gasteiger charge is 2.14. The van der Waals surface area contributed by atoms with Crippen molar-refractivity contribution in [2.75, 3.05) is 6.61 Å². The summed E-state index contributed by atoms with van der Waals surface area (Å²) in [6.07, 6.45) is 1.80. The number of nitrogens with zero attached hydrogens (tertiary/aromatic N) is 1. The highest BCUT2D eigenvalue weighted by Crippen LogP contribution is 2.36. The average Bonchev–Trinajstić information content (AvgIpc) is 2.73. The van der Waals surface area contributed by atoms with Crippen molar-refractivity contribution in [3.05, 3.63) is 91.0 Å². The zero-order valence-electron chi connectivity index (χ0n) is 16.2. The van der Waals surface area contributed by atoms with Gasteiger partial charge in [-0.15, -0.1) is 0 Å². The van der Waals surface area contributed by atoms with Crippen LogP contribution in [0.3, 0.4) is 0 Å². The summed E-state index contributed by atoms with van der Waals surface area (Å²) in [5.41, 5.74) is 2.88. The lowest BCUT2D eigenvalue weighted by Crippen LogP contribution is -2.02. The van der Waals surface area contributed by atoms with E-state index in [1.165, 1.54) is 0 Å². The zero-order chi connectivity index (χ0) is 21.5. The number of allylic oxidation sites excluding steroid dienone is 1. The lowest BCUT2D eigenvalue weighted by atomic mass is 10.0. The molecule has 6 heteroatoms. The van der Waals surface area contributed by atoms with Gasteiger partial charge in [0.05, 0.1) is 21.8 Å². The molecule has 3 aromatic rings. The number of halogens is 3. The SMILES string of the molecule is CCOc1cc(C=C(C#N)c2ccccc2Cl)cc(I)c1OCc1ccccc1Cl. The van der Waals surface area contributed by atoms with Crippen LogP contribution in [0, 0.1) is 14.9 Å². The maximum absolute atomic E-state index is 9.65. The van der Waals surface area contributed by atoms with Gasteiger partial charge in [-0.05, 0) is 65.4 Å². The van der Waals surface area contributed by atoms with Crippen molar-refractivity contribution >= 4 is 57.4 Å². The van der Waals surface area contributed by atoms with Crippen molar-refractivity contribution in [3.63, 3.8) is 0 Å². The molecule has 0 unspecified atom stereocenters. The second-order valence-electron chi connectivity index (χ2n) is 6.29. The van der Waals surface area contributed by atoms with Crippen molar-refractivity contribution < 1.29 is 9.47 Å².